The molecule has 2 heterocycles. The Morgan fingerprint density at radius 2 is 1.48 bits per heavy atom. The van der Waals surface area contributed by atoms with Crippen molar-refractivity contribution in [3.63, 3.8) is 0 Å². The van der Waals surface area contributed by atoms with Crippen molar-refractivity contribution in [1.82, 2.24) is 0 Å². The SMILES string of the molecule is CC1(C)OC2COC(CO[Si](c3ccccc3)(c3ccccc3)C(C)(C)C)[C@H]2O1. The van der Waals surface area contributed by atoms with E-state index in [4.69, 9.17) is 18.6 Å². The molecule has 2 aromatic carbocycles. The molecule has 2 fully saturated rings. The van der Waals surface area contributed by atoms with E-state index in [1.54, 1.807) is 0 Å². The van der Waals surface area contributed by atoms with Crippen LogP contribution in [0.5, 0.6) is 0 Å². The van der Waals surface area contributed by atoms with Gasteiger partial charge in [-0.2, -0.15) is 0 Å². The molecular formula is C24H32O4Si. The Kier molecular flexibility index (Phi) is 5.47. The topological polar surface area (TPSA) is 36.9 Å². The number of ether oxygens (including phenoxy) is 3. The van der Waals surface area contributed by atoms with Gasteiger partial charge >= 0.3 is 0 Å². The molecular weight excluding hydrogens is 380 g/mol. The van der Waals surface area contributed by atoms with E-state index < -0.39 is 14.1 Å². The van der Waals surface area contributed by atoms with E-state index in [1.807, 2.05) is 13.8 Å². The summed E-state index contributed by atoms with van der Waals surface area (Å²) in [6, 6.07) is 21.4. The molecule has 156 valence electrons. The molecule has 3 atom stereocenters. The smallest absolute Gasteiger partial charge is 0.261 e. The third-order valence-electron chi connectivity index (χ3n) is 5.94. The predicted molar refractivity (Wildman–Crippen MR) is 117 cm³/mol. The van der Waals surface area contributed by atoms with Crippen molar-refractivity contribution in [3.8, 4) is 0 Å². The zero-order valence-corrected chi connectivity index (χ0v) is 19.1. The largest absolute Gasteiger partial charge is 0.405 e. The summed E-state index contributed by atoms with van der Waals surface area (Å²) in [5.41, 5.74) is 0. The molecule has 0 radical (unpaired) electrons. The van der Waals surface area contributed by atoms with E-state index in [1.165, 1.54) is 10.4 Å². The molecule has 0 aromatic heterocycles. The molecule has 0 spiro atoms. The summed E-state index contributed by atoms with van der Waals surface area (Å²) in [5, 5.41) is 2.49. The molecule has 2 aliphatic heterocycles. The second-order valence-corrected chi connectivity index (χ2v) is 13.8. The lowest BCUT2D eigenvalue weighted by Crippen LogP contribution is -2.67. The molecule has 0 amide bonds. The predicted octanol–water partition coefficient (Wildman–Crippen LogP) is 3.48. The Balaban J connectivity index is 1.68. The summed E-state index contributed by atoms with van der Waals surface area (Å²) < 4.78 is 25.2. The summed E-state index contributed by atoms with van der Waals surface area (Å²) in [6.07, 6.45) is -0.218. The van der Waals surface area contributed by atoms with E-state index in [2.05, 4.69) is 81.4 Å². The number of benzene rings is 2. The first-order valence-electron chi connectivity index (χ1n) is 10.5. The van der Waals surface area contributed by atoms with Crippen molar-refractivity contribution >= 4 is 18.7 Å². The first kappa shape index (κ1) is 20.8. The van der Waals surface area contributed by atoms with Gasteiger partial charge in [-0.25, -0.2) is 0 Å². The van der Waals surface area contributed by atoms with Crippen LogP contribution in [-0.4, -0.2) is 45.6 Å². The number of hydrogen-bond acceptors (Lipinski definition) is 4. The van der Waals surface area contributed by atoms with Gasteiger partial charge in [-0.1, -0.05) is 81.4 Å². The summed E-state index contributed by atoms with van der Waals surface area (Å²) in [6.45, 7) is 11.8. The first-order chi connectivity index (χ1) is 13.7. The molecule has 2 aliphatic rings. The van der Waals surface area contributed by atoms with Crippen LogP contribution in [0.25, 0.3) is 0 Å². The quantitative estimate of drug-likeness (QED) is 0.705. The molecule has 4 nitrogen and oxygen atoms in total. The summed E-state index contributed by atoms with van der Waals surface area (Å²) in [5.74, 6) is -0.561. The fourth-order valence-corrected chi connectivity index (χ4v) is 9.30. The second kappa shape index (κ2) is 7.64. The van der Waals surface area contributed by atoms with Crippen molar-refractivity contribution in [3.05, 3.63) is 60.7 Å². The number of rotatable bonds is 5. The van der Waals surface area contributed by atoms with Gasteiger partial charge in [0.15, 0.2) is 5.79 Å². The summed E-state index contributed by atoms with van der Waals surface area (Å²) >= 11 is 0. The van der Waals surface area contributed by atoms with Crippen LogP contribution in [0.4, 0.5) is 0 Å². The molecule has 2 saturated heterocycles. The van der Waals surface area contributed by atoms with Gasteiger partial charge in [0.2, 0.25) is 0 Å². The molecule has 0 saturated carbocycles. The van der Waals surface area contributed by atoms with E-state index in [9.17, 15) is 0 Å². The lowest BCUT2D eigenvalue weighted by atomic mass is 10.2. The van der Waals surface area contributed by atoms with Crippen LogP contribution in [-0.2, 0) is 18.6 Å². The third kappa shape index (κ3) is 3.82. The Morgan fingerprint density at radius 1 is 0.931 bits per heavy atom. The minimum absolute atomic E-state index is 0.0160. The van der Waals surface area contributed by atoms with Crippen molar-refractivity contribution in [2.45, 2.75) is 63.8 Å². The maximum absolute atomic E-state index is 7.00. The van der Waals surface area contributed by atoms with Crippen molar-refractivity contribution in [2.24, 2.45) is 0 Å². The molecule has 5 heteroatoms. The zero-order valence-electron chi connectivity index (χ0n) is 18.1. The van der Waals surface area contributed by atoms with E-state index >= 15 is 0 Å². The van der Waals surface area contributed by atoms with Crippen LogP contribution in [0.2, 0.25) is 5.04 Å². The summed E-state index contributed by atoms with van der Waals surface area (Å²) in [4.78, 5) is 0. The van der Waals surface area contributed by atoms with Gasteiger partial charge in [-0.15, -0.1) is 0 Å². The highest BCUT2D eigenvalue weighted by atomic mass is 28.4. The number of hydrogen-bond donors (Lipinski definition) is 0. The molecule has 4 rings (SSSR count). The van der Waals surface area contributed by atoms with Gasteiger partial charge in [-0.3, -0.25) is 0 Å². The highest BCUT2D eigenvalue weighted by Gasteiger charge is 2.54. The van der Waals surface area contributed by atoms with Crippen LogP contribution < -0.4 is 10.4 Å². The molecule has 2 aromatic rings. The van der Waals surface area contributed by atoms with Crippen LogP contribution in [0.15, 0.2) is 60.7 Å². The van der Waals surface area contributed by atoms with Gasteiger partial charge in [-0.05, 0) is 29.3 Å². The maximum atomic E-state index is 7.00. The number of fused-ring (bicyclic) bond motifs is 1. The molecule has 0 aliphatic carbocycles. The Hall–Kier alpha value is -1.50. The first-order valence-corrected chi connectivity index (χ1v) is 12.4. The van der Waals surface area contributed by atoms with Gasteiger partial charge in [0.05, 0.1) is 13.2 Å². The minimum atomic E-state index is -2.57. The standard InChI is InChI=1S/C24H32O4Si/c1-23(2,3)29(18-12-8-6-9-13-18,19-14-10-7-11-15-19)26-17-20-22-21(16-25-20)27-24(4,5)28-22/h6-15,20-22H,16-17H2,1-5H3/t20?,21?,22-/m1/s1. The van der Waals surface area contributed by atoms with Gasteiger partial charge < -0.3 is 18.6 Å². The van der Waals surface area contributed by atoms with E-state index in [0.29, 0.717) is 13.2 Å². The Labute approximate surface area is 175 Å². The van der Waals surface area contributed by atoms with Crippen LogP contribution in [0, 0.1) is 0 Å². The average Bonchev–Trinajstić information content (AvgIpc) is 3.18. The van der Waals surface area contributed by atoms with E-state index in [0.717, 1.165) is 0 Å². The fourth-order valence-electron chi connectivity index (χ4n) is 4.73. The monoisotopic (exact) mass is 412 g/mol. The van der Waals surface area contributed by atoms with Crippen LogP contribution in [0.1, 0.15) is 34.6 Å². The molecule has 2 unspecified atom stereocenters. The zero-order chi connectivity index (χ0) is 20.7. The normalized spacial score (nSPS) is 26.4. The van der Waals surface area contributed by atoms with Crippen molar-refractivity contribution in [2.75, 3.05) is 13.2 Å². The lowest BCUT2D eigenvalue weighted by molar-refractivity contribution is -0.177. The summed E-state index contributed by atoms with van der Waals surface area (Å²) in [7, 11) is -2.57. The fraction of sp³-hybridized carbons (Fsp3) is 0.500. The average molecular weight is 413 g/mol. The highest BCUT2D eigenvalue weighted by molar-refractivity contribution is 6.99. The van der Waals surface area contributed by atoms with Gasteiger partial charge in [0, 0.05) is 0 Å². The van der Waals surface area contributed by atoms with Crippen LogP contribution >= 0.6 is 0 Å². The van der Waals surface area contributed by atoms with Crippen LogP contribution in [0.3, 0.4) is 0 Å². The van der Waals surface area contributed by atoms with Gasteiger partial charge in [0.1, 0.15) is 18.3 Å². The van der Waals surface area contributed by atoms with Crippen molar-refractivity contribution in [1.29, 1.82) is 0 Å². The Morgan fingerprint density at radius 3 is 2.00 bits per heavy atom. The molecule has 0 bridgehead atoms. The molecule has 0 N–H and O–H groups in total. The minimum Gasteiger partial charge on any atom is -0.405 e. The van der Waals surface area contributed by atoms with Gasteiger partial charge in [0.25, 0.3) is 8.32 Å². The Bertz CT molecular complexity index is 776. The highest BCUT2D eigenvalue weighted by Crippen LogP contribution is 2.39. The lowest BCUT2D eigenvalue weighted by Gasteiger charge is -2.43. The maximum Gasteiger partial charge on any atom is 0.261 e. The second-order valence-electron chi connectivity index (χ2n) is 9.48. The van der Waals surface area contributed by atoms with E-state index in [-0.39, 0.29) is 23.4 Å². The van der Waals surface area contributed by atoms with Crippen molar-refractivity contribution < 1.29 is 18.6 Å². The molecule has 29 heavy (non-hydrogen) atoms. The third-order valence-corrected chi connectivity index (χ3v) is 10.9.